The summed E-state index contributed by atoms with van der Waals surface area (Å²) in [5.41, 5.74) is 7.99. The van der Waals surface area contributed by atoms with Gasteiger partial charge in [0, 0.05) is 23.7 Å². The number of benzene rings is 1. The molecule has 2 heterocycles. The topological polar surface area (TPSA) is 81.1 Å². The Hall–Kier alpha value is -2.82. The lowest BCUT2D eigenvalue weighted by Crippen LogP contribution is -2.25. The maximum atomic E-state index is 12.6. The molecule has 0 fully saturated rings. The summed E-state index contributed by atoms with van der Waals surface area (Å²) in [6.45, 7) is 2.57. The van der Waals surface area contributed by atoms with Crippen molar-refractivity contribution in [2.24, 2.45) is 0 Å². The van der Waals surface area contributed by atoms with Gasteiger partial charge in [-0.1, -0.05) is 19.1 Å². The van der Waals surface area contributed by atoms with E-state index in [-0.39, 0.29) is 17.0 Å². The van der Waals surface area contributed by atoms with E-state index in [1.54, 1.807) is 29.0 Å². The molecule has 3 N–H and O–H groups in total. The Morgan fingerprint density at radius 2 is 2.09 bits per heavy atom. The molecule has 5 nitrogen and oxygen atoms in total. The van der Waals surface area contributed by atoms with Gasteiger partial charge < -0.3 is 10.8 Å². The van der Waals surface area contributed by atoms with Gasteiger partial charge in [0.05, 0.1) is 0 Å². The number of nitrogen functional groups attached to an aromatic ring is 1. The van der Waals surface area contributed by atoms with Gasteiger partial charge >= 0.3 is 0 Å². The molecule has 0 spiro atoms. The highest BCUT2D eigenvalue weighted by atomic mass is 16.3. The van der Waals surface area contributed by atoms with Crippen LogP contribution in [0, 0.1) is 0 Å². The zero-order valence-electron chi connectivity index (χ0n) is 12.3. The van der Waals surface area contributed by atoms with E-state index < -0.39 is 0 Å². The third kappa shape index (κ3) is 2.20. The minimum Gasteiger partial charge on any atom is -0.508 e. The summed E-state index contributed by atoms with van der Waals surface area (Å²) in [5, 5.41) is 10.5. The van der Waals surface area contributed by atoms with E-state index in [1.807, 2.05) is 25.1 Å². The molecule has 3 rings (SSSR count). The molecule has 0 aliphatic heterocycles. The number of anilines is 1. The molecule has 2 aromatic heterocycles. The third-order valence-corrected chi connectivity index (χ3v) is 3.64. The van der Waals surface area contributed by atoms with Crippen LogP contribution in [-0.4, -0.2) is 14.7 Å². The molecule has 0 saturated heterocycles. The number of hydrogen-bond acceptors (Lipinski definition) is 4. The van der Waals surface area contributed by atoms with Crippen LogP contribution < -0.4 is 11.3 Å². The summed E-state index contributed by atoms with van der Waals surface area (Å²) in [5.74, 6) is 0.131. The van der Waals surface area contributed by atoms with Gasteiger partial charge in [0.25, 0.3) is 5.56 Å². The van der Waals surface area contributed by atoms with Crippen LogP contribution in [0.25, 0.3) is 22.2 Å². The number of phenolic OH excluding ortho intramolecular Hbond substituents is 1. The Kier molecular flexibility index (Phi) is 3.55. The van der Waals surface area contributed by atoms with Crippen LogP contribution >= 0.6 is 0 Å². The van der Waals surface area contributed by atoms with Crippen molar-refractivity contribution in [2.45, 2.75) is 19.9 Å². The minimum atomic E-state index is -0.244. The quantitative estimate of drug-likeness (QED) is 0.778. The van der Waals surface area contributed by atoms with Gasteiger partial charge in [-0.2, -0.15) is 0 Å². The molecule has 5 heteroatoms. The lowest BCUT2D eigenvalue weighted by atomic mass is 10.0. The zero-order valence-corrected chi connectivity index (χ0v) is 12.3. The zero-order chi connectivity index (χ0) is 15.7. The van der Waals surface area contributed by atoms with E-state index in [4.69, 9.17) is 5.73 Å². The van der Waals surface area contributed by atoms with Gasteiger partial charge in [0.1, 0.15) is 17.1 Å². The number of pyridine rings is 2. The number of aromatic hydroxyl groups is 1. The van der Waals surface area contributed by atoms with E-state index in [0.29, 0.717) is 23.3 Å². The first-order chi connectivity index (χ1) is 10.6. The summed E-state index contributed by atoms with van der Waals surface area (Å²) in [6, 6.07) is 10.4. The summed E-state index contributed by atoms with van der Waals surface area (Å²) in [6.07, 6.45) is 2.48. The molecule has 112 valence electrons. The molecule has 0 radical (unpaired) electrons. The number of nitrogens with two attached hydrogens (primary N) is 1. The number of phenols is 1. The monoisotopic (exact) mass is 295 g/mol. The fraction of sp³-hybridized carbons (Fsp3) is 0.176. The number of rotatable bonds is 3. The van der Waals surface area contributed by atoms with Crippen molar-refractivity contribution >= 4 is 16.7 Å². The van der Waals surface area contributed by atoms with Crippen molar-refractivity contribution < 1.29 is 5.11 Å². The molecule has 22 heavy (non-hydrogen) atoms. The summed E-state index contributed by atoms with van der Waals surface area (Å²) in [7, 11) is 0. The minimum absolute atomic E-state index is 0.131. The number of hydrogen-bond donors (Lipinski definition) is 2. The molecule has 0 aliphatic rings. The Balaban J connectivity index is 2.43. The average Bonchev–Trinajstić information content (AvgIpc) is 2.52. The van der Waals surface area contributed by atoms with Crippen molar-refractivity contribution in [2.75, 3.05) is 5.73 Å². The first-order valence-electron chi connectivity index (χ1n) is 7.20. The summed E-state index contributed by atoms with van der Waals surface area (Å²) < 4.78 is 1.61. The first kappa shape index (κ1) is 14.1. The normalized spacial score (nSPS) is 11.0. The van der Waals surface area contributed by atoms with E-state index in [2.05, 4.69) is 4.98 Å². The molecule has 0 aliphatic carbocycles. The van der Waals surface area contributed by atoms with Crippen LogP contribution in [0.15, 0.2) is 47.4 Å². The largest absolute Gasteiger partial charge is 0.508 e. The second-order valence-electron chi connectivity index (χ2n) is 5.17. The third-order valence-electron chi connectivity index (χ3n) is 3.64. The van der Waals surface area contributed by atoms with Crippen LogP contribution in [0.1, 0.15) is 13.3 Å². The van der Waals surface area contributed by atoms with Crippen molar-refractivity contribution in [3.05, 3.63) is 52.9 Å². The van der Waals surface area contributed by atoms with Gasteiger partial charge in [-0.15, -0.1) is 0 Å². The number of fused-ring (bicyclic) bond motifs is 1. The van der Waals surface area contributed by atoms with E-state index in [9.17, 15) is 9.90 Å². The maximum absolute atomic E-state index is 12.6. The second kappa shape index (κ2) is 5.52. The number of aryl methyl sites for hydroxylation is 1. The molecule has 0 amide bonds. The molecule has 1 aromatic carbocycles. The smallest absolute Gasteiger partial charge is 0.275 e. The van der Waals surface area contributed by atoms with Gasteiger partial charge in [0.2, 0.25) is 0 Å². The standard InChI is InChI=1S/C17H17N3O2/c1-2-9-20-16-13(7-4-8-19-16)14(15(18)17(20)22)11-5-3-6-12(21)10-11/h3-8,10,21H,2,9,18H2,1H3. The predicted octanol–water partition coefficient (Wildman–Crippen LogP) is 2.76. The predicted molar refractivity (Wildman–Crippen MR) is 87.8 cm³/mol. The molecular formula is C17H17N3O2. The molecule has 0 unspecified atom stereocenters. The van der Waals surface area contributed by atoms with Gasteiger partial charge in [-0.25, -0.2) is 4.98 Å². The molecule has 3 aromatic rings. The van der Waals surface area contributed by atoms with Gasteiger partial charge in [0.15, 0.2) is 0 Å². The van der Waals surface area contributed by atoms with Crippen LogP contribution in [0.4, 0.5) is 5.69 Å². The summed E-state index contributed by atoms with van der Waals surface area (Å²) >= 11 is 0. The Labute approximate surface area is 127 Å². The van der Waals surface area contributed by atoms with Crippen LogP contribution in [0.2, 0.25) is 0 Å². The van der Waals surface area contributed by atoms with E-state index in [0.717, 1.165) is 11.8 Å². The Morgan fingerprint density at radius 3 is 2.82 bits per heavy atom. The fourth-order valence-corrected chi connectivity index (χ4v) is 2.70. The number of nitrogens with zero attached hydrogens (tertiary/aromatic N) is 2. The first-order valence-corrected chi connectivity index (χ1v) is 7.20. The molecule has 0 saturated carbocycles. The maximum Gasteiger partial charge on any atom is 0.275 e. The highest BCUT2D eigenvalue weighted by Crippen LogP contribution is 2.32. The summed E-state index contributed by atoms with van der Waals surface area (Å²) in [4.78, 5) is 16.9. The Bertz CT molecular complexity index is 900. The fourth-order valence-electron chi connectivity index (χ4n) is 2.70. The molecular weight excluding hydrogens is 278 g/mol. The highest BCUT2D eigenvalue weighted by molar-refractivity contribution is 5.99. The van der Waals surface area contributed by atoms with Crippen LogP contribution in [0.3, 0.4) is 0 Å². The van der Waals surface area contributed by atoms with Crippen molar-refractivity contribution in [3.8, 4) is 16.9 Å². The van der Waals surface area contributed by atoms with Crippen molar-refractivity contribution in [3.63, 3.8) is 0 Å². The van der Waals surface area contributed by atoms with E-state index >= 15 is 0 Å². The molecule has 0 bridgehead atoms. The van der Waals surface area contributed by atoms with Gasteiger partial charge in [-0.05, 0) is 36.2 Å². The van der Waals surface area contributed by atoms with Crippen molar-refractivity contribution in [1.82, 2.24) is 9.55 Å². The average molecular weight is 295 g/mol. The second-order valence-corrected chi connectivity index (χ2v) is 5.17. The lowest BCUT2D eigenvalue weighted by Gasteiger charge is -2.15. The Morgan fingerprint density at radius 1 is 1.27 bits per heavy atom. The highest BCUT2D eigenvalue weighted by Gasteiger charge is 2.16. The van der Waals surface area contributed by atoms with Gasteiger partial charge in [-0.3, -0.25) is 9.36 Å². The lowest BCUT2D eigenvalue weighted by molar-refractivity contribution is 0.475. The number of aromatic nitrogens is 2. The van der Waals surface area contributed by atoms with Crippen molar-refractivity contribution in [1.29, 1.82) is 0 Å². The molecule has 0 atom stereocenters. The van der Waals surface area contributed by atoms with Crippen LogP contribution in [-0.2, 0) is 6.54 Å². The van der Waals surface area contributed by atoms with Crippen LogP contribution in [0.5, 0.6) is 5.75 Å². The van der Waals surface area contributed by atoms with E-state index in [1.165, 1.54) is 0 Å². The SMILES string of the molecule is CCCn1c(=O)c(N)c(-c2cccc(O)c2)c2cccnc21.